The number of ether oxygens (including phenoxy) is 1. The fourth-order valence-corrected chi connectivity index (χ4v) is 2.00. The lowest BCUT2D eigenvalue weighted by Gasteiger charge is -2.39. The van der Waals surface area contributed by atoms with Gasteiger partial charge in [-0.25, -0.2) is 0 Å². The first-order valence-corrected chi connectivity index (χ1v) is 6.10. The molecule has 1 amide bonds. The Hall–Kier alpha value is -1.06. The second-order valence-corrected chi connectivity index (χ2v) is 4.98. The normalized spacial score (nSPS) is 17.4. The van der Waals surface area contributed by atoms with Crippen LogP contribution in [0.25, 0.3) is 0 Å². The Bertz CT molecular complexity index is 436. The number of benzene rings is 1. The topological polar surface area (TPSA) is 38.3 Å². The number of hydrogen-bond donors (Lipinski definition) is 1. The third kappa shape index (κ3) is 2.31. The van der Waals surface area contributed by atoms with Crippen molar-refractivity contribution in [3.8, 4) is 0 Å². The fourth-order valence-electron chi connectivity index (χ4n) is 1.83. The molecule has 1 aromatic rings. The highest BCUT2D eigenvalue weighted by Gasteiger charge is 2.44. The maximum atomic E-state index is 12.2. The van der Waals surface area contributed by atoms with Crippen LogP contribution in [0.3, 0.4) is 0 Å². The van der Waals surface area contributed by atoms with Crippen LogP contribution in [0.15, 0.2) is 18.2 Å². The Labute approximate surface area is 106 Å². The van der Waals surface area contributed by atoms with Crippen LogP contribution >= 0.6 is 11.6 Å². The van der Waals surface area contributed by atoms with E-state index in [2.05, 4.69) is 5.32 Å². The smallest absolute Gasteiger partial charge is 0.235 e. The molecule has 0 radical (unpaired) electrons. The highest BCUT2D eigenvalue weighted by molar-refractivity contribution is 6.31. The molecule has 2 rings (SSSR count). The Kier molecular flexibility index (Phi) is 3.40. The Balaban J connectivity index is 2.15. The maximum absolute atomic E-state index is 12.2. The number of hydrogen-bond acceptors (Lipinski definition) is 2. The van der Waals surface area contributed by atoms with Crippen LogP contribution in [0.4, 0.5) is 5.69 Å². The molecule has 1 heterocycles. The molecule has 0 spiro atoms. The van der Waals surface area contributed by atoms with Crippen molar-refractivity contribution in [3.05, 3.63) is 28.8 Å². The quantitative estimate of drug-likeness (QED) is 0.899. The van der Waals surface area contributed by atoms with Gasteiger partial charge in [-0.3, -0.25) is 4.79 Å². The molecule has 0 saturated carbocycles. The molecule has 3 nitrogen and oxygen atoms in total. The molecule has 1 fully saturated rings. The molecule has 92 valence electrons. The molecule has 0 atom stereocenters. The Morgan fingerprint density at radius 2 is 2.24 bits per heavy atom. The SMILES string of the molecule is CCC1(C(=O)Nc2cc(Cl)ccc2C)COC1. The molecule has 0 unspecified atom stereocenters. The summed E-state index contributed by atoms with van der Waals surface area (Å²) in [6.07, 6.45) is 0.790. The van der Waals surface area contributed by atoms with Crippen molar-refractivity contribution in [1.82, 2.24) is 0 Å². The molecule has 1 aliphatic rings. The molecular formula is C13H16ClNO2. The minimum Gasteiger partial charge on any atom is -0.379 e. The summed E-state index contributed by atoms with van der Waals surface area (Å²) < 4.78 is 5.16. The zero-order valence-electron chi connectivity index (χ0n) is 10.0. The minimum atomic E-state index is -0.352. The van der Waals surface area contributed by atoms with Crippen molar-refractivity contribution < 1.29 is 9.53 Å². The van der Waals surface area contributed by atoms with Crippen molar-refractivity contribution in [3.63, 3.8) is 0 Å². The van der Waals surface area contributed by atoms with Crippen LogP contribution in [0.5, 0.6) is 0 Å². The highest BCUT2D eigenvalue weighted by Crippen LogP contribution is 2.33. The van der Waals surface area contributed by atoms with E-state index in [0.29, 0.717) is 18.2 Å². The van der Waals surface area contributed by atoms with E-state index in [1.54, 1.807) is 6.07 Å². The van der Waals surface area contributed by atoms with Crippen molar-refractivity contribution in [2.45, 2.75) is 20.3 Å². The summed E-state index contributed by atoms with van der Waals surface area (Å²) in [5, 5.41) is 3.57. The van der Waals surface area contributed by atoms with Gasteiger partial charge in [-0.05, 0) is 31.0 Å². The molecule has 4 heteroatoms. The summed E-state index contributed by atoms with van der Waals surface area (Å²) in [6.45, 7) is 4.97. The molecule has 17 heavy (non-hydrogen) atoms. The van der Waals surface area contributed by atoms with Gasteiger partial charge in [0.1, 0.15) is 0 Å². The second kappa shape index (κ2) is 4.67. The summed E-state index contributed by atoms with van der Waals surface area (Å²) in [6, 6.07) is 5.49. The molecule has 1 aromatic carbocycles. The molecule has 0 aliphatic carbocycles. The highest BCUT2D eigenvalue weighted by atomic mass is 35.5. The number of carbonyl (C=O) groups is 1. The zero-order valence-corrected chi connectivity index (χ0v) is 10.8. The van der Waals surface area contributed by atoms with Crippen molar-refractivity contribution in [1.29, 1.82) is 0 Å². The standard InChI is InChI=1S/C13H16ClNO2/c1-3-13(7-17-8-13)12(16)15-11-6-10(14)5-4-9(11)2/h4-6H,3,7-8H2,1-2H3,(H,15,16). The first-order chi connectivity index (χ1) is 8.07. The van der Waals surface area contributed by atoms with Gasteiger partial charge in [-0.2, -0.15) is 0 Å². The maximum Gasteiger partial charge on any atom is 0.235 e. The molecular weight excluding hydrogens is 238 g/mol. The van der Waals surface area contributed by atoms with Gasteiger partial charge in [0.25, 0.3) is 0 Å². The minimum absolute atomic E-state index is 0.0246. The van der Waals surface area contributed by atoms with E-state index in [-0.39, 0.29) is 11.3 Å². The number of amides is 1. The lowest BCUT2D eigenvalue weighted by Crippen LogP contribution is -2.51. The first kappa shape index (κ1) is 12.4. The van der Waals surface area contributed by atoms with E-state index < -0.39 is 0 Å². The van der Waals surface area contributed by atoms with Gasteiger partial charge in [0.15, 0.2) is 0 Å². The van der Waals surface area contributed by atoms with E-state index in [1.165, 1.54) is 0 Å². The van der Waals surface area contributed by atoms with Gasteiger partial charge >= 0.3 is 0 Å². The molecule has 0 aromatic heterocycles. The first-order valence-electron chi connectivity index (χ1n) is 5.73. The second-order valence-electron chi connectivity index (χ2n) is 4.54. The third-order valence-electron chi connectivity index (χ3n) is 3.36. The van der Waals surface area contributed by atoms with Gasteiger partial charge in [0.2, 0.25) is 5.91 Å². The van der Waals surface area contributed by atoms with Crippen molar-refractivity contribution in [2.75, 3.05) is 18.5 Å². The van der Waals surface area contributed by atoms with Gasteiger partial charge in [0, 0.05) is 10.7 Å². The van der Waals surface area contributed by atoms with Crippen molar-refractivity contribution >= 4 is 23.2 Å². The summed E-state index contributed by atoms with van der Waals surface area (Å²) in [5.41, 5.74) is 1.44. The summed E-state index contributed by atoms with van der Waals surface area (Å²) in [7, 11) is 0. The Morgan fingerprint density at radius 3 is 2.76 bits per heavy atom. The predicted octanol–water partition coefficient (Wildman–Crippen LogP) is 3.01. The molecule has 1 N–H and O–H groups in total. The average molecular weight is 254 g/mol. The van der Waals surface area contributed by atoms with Crippen LogP contribution in [-0.2, 0) is 9.53 Å². The summed E-state index contributed by atoms with van der Waals surface area (Å²) in [5.74, 6) is 0.0246. The van der Waals surface area contributed by atoms with Crippen LogP contribution in [0, 0.1) is 12.3 Å². The van der Waals surface area contributed by atoms with Gasteiger partial charge in [-0.15, -0.1) is 0 Å². The van der Waals surface area contributed by atoms with Crippen LogP contribution < -0.4 is 5.32 Å². The number of nitrogens with one attached hydrogen (secondary N) is 1. The largest absolute Gasteiger partial charge is 0.379 e. The number of anilines is 1. The average Bonchev–Trinajstić information content (AvgIpc) is 2.23. The van der Waals surface area contributed by atoms with E-state index in [4.69, 9.17) is 16.3 Å². The van der Waals surface area contributed by atoms with Crippen LogP contribution in [-0.4, -0.2) is 19.1 Å². The van der Waals surface area contributed by atoms with E-state index in [1.807, 2.05) is 26.0 Å². The number of carbonyl (C=O) groups excluding carboxylic acids is 1. The van der Waals surface area contributed by atoms with Crippen LogP contribution in [0.1, 0.15) is 18.9 Å². The summed E-state index contributed by atoms with van der Waals surface area (Å²) >= 11 is 5.92. The van der Waals surface area contributed by atoms with Crippen molar-refractivity contribution in [2.24, 2.45) is 5.41 Å². The number of aryl methyl sites for hydroxylation is 1. The lowest BCUT2D eigenvalue weighted by atomic mass is 9.82. The van der Waals surface area contributed by atoms with E-state index in [9.17, 15) is 4.79 Å². The van der Waals surface area contributed by atoms with Gasteiger partial charge in [0.05, 0.1) is 18.6 Å². The predicted molar refractivity (Wildman–Crippen MR) is 68.4 cm³/mol. The summed E-state index contributed by atoms with van der Waals surface area (Å²) in [4.78, 5) is 12.2. The zero-order chi connectivity index (χ0) is 12.5. The van der Waals surface area contributed by atoms with E-state index in [0.717, 1.165) is 17.7 Å². The van der Waals surface area contributed by atoms with Gasteiger partial charge in [-0.1, -0.05) is 24.6 Å². The number of rotatable bonds is 3. The molecule has 1 saturated heterocycles. The van der Waals surface area contributed by atoms with Gasteiger partial charge < -0.3 is 10.1 Å². The van der Waals surface area contributed by atoms with E-state index >= 15 is 0 Å². The monoisotopic (exact) mass is 253 g/mol. The molecule has 1 aliphatic heterocycles. The number of halogens is 1. The third-order valence-corrected chi connectivity index (χ3v) is 3.60. The Morgan fingerprint density at radius 1 is 1.53 bits per heavy atom. The molecule has 0 bridgehead atoms. The fraction of sp³-hybridized carbons (Fsp3) is 0.462. The van der Waals surface area contributed by atoms with Crippen LogP contribution in [0.2, 0.25) is 5.02 Å². The lowest BCUT2D eigenvalue weighted by molar-refractivity contribution is -0.156.